The lowest BCUT2D eigenvalue weighted by Gasteiger charge is -2.27. The maximum absolute atomic E-state index is 2.40. The van der Waals surface area contributed by atoms with Crippen molar-refractivity contribution >= 4 is 80.9 Å². The molecule has 2 heteroatoms. The molecule has 1 nitrogen and oxygen atoms in total. The van der Waals surface area contributed by atoms with Crippen molar-refractivity contribution in [2.75, 3.05) is 4.90 Å². The van der Waals surface area contributed by atoms with Crippen LogP contribution in [0.15, 0.2) is 164 Å². The van der Waals surface area contributed by atoms with E-state index in [1.165, 1.54) is 63.6 Å². The molecule has 1 aromatic heterocycles. The Morgan fingerprint density at radius 3 is 1.93 bits per heavy atom. The minimum Gasteiger partial charge on any atom is -0.310 e. The topological polar surface area (TPSA) is 3.24 Å². The number of benzene rings is 8. The number of hydrogen-bond donors (Lipinski definition) is 0. The van der Waals surface area contributed by atoms with E-state index in [9.17, 15) is 0 Å². The highest BCUT2D eigenvalue weighted by molar-refractivity contribution is 7.26. The largest absolute Gasteiger partial charge is 0.310 e. The molecule has 0 saturated carbocycles. The van der Waals surface area contributed by atoms with Crippen molar-refractivity contribution in [3.63, 3.8) is 0 Å². The van der Waals surface area contributed by atoms with E-state index in [2.05, 4.69) is 169 Å². The summed E-state index contributed by atoms with van der Waals surface area (Å²) in [7, 11) is 0. The van der Waals surface area contributed by atoms with Crippen LogP contribution in [0.1, 0.15) is 0 Å². The lowest BCUT2D eigenvalue weighted by atomic mass is 9.98. The summed E-state index contributed by atoms with van der Waals surface area (Å²) in [5.74, 6) is 0. The summed E-state index contributed by atoms with van der Waals surface area (Å²) < 4.78 is 2.69. The van der Waals surface area contributed by atoms with E-state index in [1.807, 2.05) is 11.3 Å². The molecule has 0 atom stereocenters. The van der Waals surface area contributed by atoms with Gasteiger partial charge in [-0.3, -0.25) is 0 Å². The van der Waals surface area contributed by atoms with Crippen molar-refractivity contribution in [3.05, 3.63) is 164 Å². The minimum atomic E-state index is 1.13. The molecule has 206 valence electrons. The minimum absolute atomic E-state index is 1.13. The molecule has 0 N–H and O–H groups in total. The second-order valence-corrected chi connectivity index (χ2v) is 12.4. The van der Waals surface area contributed by atoms with Gasteiger partial charge in [0.05, 0.1) is 0 Å². The third-order valence-corrected chi connectivity index (χ3v) is 9.99. The molecule has 0 aliphatic carbocycles. The van der Waals surface area contributed by atoms with Gasteiger partial charge in [-0.05, 0) is 80.5 Å². The first-order valence-electron chi connectivity index (χ1n) is 15.0. The average Bonchev–Trinajstić information content (AvgIpc) is 3.48. The summed E-state index contributed by atoms with van der Waals surface area (Å²) in [5.41, 5.74) is 5.83. The van der Waals surface area contributed by atoms with Gasteiger partial charge >= 0.3 is 0 Å². The summed E-state index contributed by atoms with van der Waals surface area (Å²) in [5, 5.41) is 10.3. The van der Waals surface area contributed by atoms with Gasteiger partial charge in [-0.15, -0.1) is 11.3 Å². The zero-order valence-corrected chi connectivity index (χ0v) is 24.8. The lowest BCUT2D eigenvalue weighted by Crippen LogP contribution is -2.10. The van der Waals surface area contributed by atoms with Crippen molar-refractivity contribution in [1.82, 2.24) is 0 Å². The van der Waals surface area contributed by atoms with Gasteiger partial charge in [0.2, 0.25) is 0 Å². The van der Waals surface area contributed by atoms with Crippen LogP contribution in [0, 0.1) is 0 Å². The van der Waals surface area contributed by atoms with E-state index in [0.29, 0.717) is 0 Å². The smallest absolute Gasteiger partial charge is 0.0468 e. The maximum Gasteiger partial charge on any atom is 0.0468 e. The molecule has 44 heavy (non-hydrogen) atoms. The first-order valence-corrected chi connectivity index (χ1v) is 15.8. The molecule has 0 aliphatic rings. The molecule has 0 aliphatic heterocycles. The van der Waals surface area contributed by atoms with Gasteiger partial charge in [0.1, 0.15) is 0 Å². The Kier molecular flexibility index (Phi) is 5.75. The number of fused-ring (bicyclic) bond motifs is 8. The number of anilines is 3. The van der Waals surface area contributed by atoms with Crippen molar-refractivity contribution < 1.29 is 0 Å². The maximum atomic E-state index is 2.40. The lowest BCUT2D eigenvalue weighted by molar-refractivity contribution is 1.29. The van der Waals surface area contributed by atoms with Gasteiger partial charge in [-0.2, -0.15) is 0 Å². The third-order valence-electron chi connectivity index (χ3n) is 8.79. The predicted octanol–water partition coefficient (Wildman–Crippen LogP) is 12.7. The third kappa shape index (κ3) is 4.07. The second-order valence-electron chi connectivity index (χ2n) is 11.4. The first-order chi connectivity index (χ1) is 21.8. The Bertz CT molecular complexity index is 2510. The van der Waals surface area contributed by atoms with Crippen LogP contribution in [-0.4, -0.2) is 0 Å². The van der Waals surface area contributed by atoms with E-state index in [-0.39, 0.29) is 0 Å². The van der Waals surface area contributed by atoms with Gasteiger partial charge in [-0.1, -0.05) is 121 Å². The highest BCUT2D eigenvalue weighted by Crippen LogP contribution is 2.44. The molecule has 0 fully saturated rings. The van der Waals surface area contributed by atoms with E-state index in [0.717, 1.165) is 17.1 Å². The molecule has 0 bridgehead atoms. The molecule has 0 radical (unpaired) electrons. The van der Waals surface area contributed by atoms with Crippen LogP contribution in [0.3, 0.4) is 0 Å². The Labute approximate surface area is 259 Å². The average molecular weight is 578 g/mol. The summed E-state index contributed by atoms with van der Waals surface area (Å²) >= 11 is 1.90. The van der Waals surface area contributed by atoms with Crippen LogP contribution >= 0.6 is 11.3 Å². The number of rotatable bonds is 4. The molecule has 0 unspecified atom stereocenters. The Hall–Kier alpha value is -5.44. The molecule has 0 spiro atoms. The molecule has 1 heterocycles. The molecule has 8 aromatic carbocycles. The van der Waals surface area contributed by atoms with Gasteiger partial charge < -0.3 is 4.90 Å². The van der Waals surface area contributed by atoms with Crippen molar-refractivity contribution in [2.45, 2.75) is 0 Å². The van der Waals surface area contributed by atoms with Crippen LogP contribution in [0.25, 0.3) is 63.6 Å². The van der Waals surface area contributed by atoms with Crippen molar-refractivity contribution in [1.29, 1.82) is 0 Å². The summed E-state index contributed by atoms with van der Waals surface area (Å²) in [6, 6.07) is 59.7. The predicted molar refractivity (Wildman–Crippen MR) is 192 cm³/mol. The Morgan fingerprint density at radius 2 is 1.02 bits per heavy atom. The normalized spacial score (nSPS) is 11.6. The second kappa shape index (κ2) is 10.1. The van der Waals surface area contributed by atoms with Crippen LogP contribution in [0.4, 0.5) is 17.1 Å². The summed E-state index contributed by atoms with van der Waals surface area (Å²) in [6.07, 6.45) is 0. The number of thiophene rings is 1. The van der Waals surface area contributed by atoms with E-state index in [4.69, 9.17) is 0 Å². The van der Waals surface area contributed by atoms with Crippen LogP contribution < -0.4 is 4.90 Å². The van der Waals surface area contributed by atoms with E-state index >= 15 is 0 Å². The molecular weight excluding hydrogens is 551 g/mol. The first kappa shape index (κ1) is 25.1. The Morgan fingerprint density at radius 1 is 0.364 bits per heavy atom. The zero-order valence-electron chi connectivity index (χ0n) is 23.9. The van der Waals surface area contributed by atoms with Gasteiger partial charge in [0, 0.05) is 42.6 Å². The van der Waals surface area contributed by atoms with Crippen molar-refractivity contribution in [2.24, 2.45) is 0 Å². The fraction of sp³-hybridized carbons (Fsp3) is 0. The van der Waals surface area contributed by atoms with Crippen LogP contribution in [0.2, 0.25) is 0 Å². The highest BCUT2D eigenvalue weighted by Gasteiger charge is 2.17. The number of hydrogen-bond acceptors (Lipinski definition) is 2. The van der Waals surface area contributed by atoms with Crippen LogP contribution in [0.5, 0.6) is 0 Å². The molecule has 9 rings (SSSR count). The van der Waals surface area contributed by atoms with Crippen molar-refractivity contribution in [3.8, 4) is 11.1 Å². The quantitative estimate of drug-likeness (QED) is 0.188. The molecule has 0 saturated heterocycles. The summed E-state index contributed by atoms with van der Waals surface area (Å²) in [4.78, 5) is 2.40. The fourth-order valence-electron chi connectivity index (χ4n) is 6.66. The molecular formula is C42H27NS. The van der Waals surface area contributed by atoms with Gasteiger partial charge in [-0.25, -0.2) is 0 Å². The monoisotopic (exact) mass is 577 g/mol. The number of nitrogens with zero attached hydrogens (tertiary/aromatic N) is 1. The zero-order chi connectivity index (χ0) is 29.0. The van der Waals surface area contributed by atoms with E-state index < -0.39 is 0 Å². The van der Waals surface area contributed by atoms with Gasteiger partial charge in [0.25, 0.3) is 0 Å². The van der Waals surface area contributed by atoms with Crippen LogP contribution in [-0.2, 0) is 0 Å². The molecule has 0 amide bonds. The summed E-state index contributed by atoms with van der Waals surface area (Å²) in [6.45, 7) is 0. The molecule has 9 aromatic rings. The SMILES string of the molecule is c1ccc(-c2cccc(N(c3ccc4ccccc4c3)c3ccc4ccc5ccc6c7ccccc7sc6c5c4c3)c2)cc1. The Balaban J connectivity index is 1.31. The fourth-order valence-corrected chi connectivity index (χ4v) is 7.94. The van der Waals surface area contributed by atoms with E-state index in [1.54, 1.807) is 0 Å². The highest BCUT2D eigenvalue weighted by atomic mass is 32.1. The standard InChI is InChI=1S/C42H27NS/c1-2-9-28(10-3-1)33-13-8-14-34(25-33)43(35-22-19-29-11-4-5-12-32(29)26-35)36-23-20-30-17-18-31-21-24-38-37-15-6-7-16-40(37)44-42(38)41(31)39(30)27-36/h1-27H. The van der Waals surface area contributed by atoms with Gasteiger partial charge in [0.15, 0.2) is 0 Å².